The second-order valence-corrected chi connectivity index (χ2v) is 5.89. The van der Waals surface area contributed by atoms with E-state index in [1.807, 2.05) is 4.90 Å². The van der Waals surface area contributed by atoms with E-state index in [0.717, 1.165) is 25.0 Å². The van der Waals surface area contributed by atoms with Crippen LogP contribution in [0.4, 0.5) is 26.3 Å². The summed E-state index contributed by atoms with van der Waals surface area (Å²) in [6.45, 7) is 1.76. The van der Waals surface area contributed by atoms with Crippen LogP contribution in [0.5, 0.6) is 0 Å². The Hall–Kier alpha value is -1.28. The lowest BCUT2D eigenvalue weighted by Gasteiger charge is -2.32. The predicted octanol–water partition coefficient (Wildman–Crippen LogP) is 3.89. The van der Waals surface area contributed by atoms with E-state index in [-0.39, 0.29) is 24.1 Å². The predicted molar refractivity (Wildman–Crippen MR) is 73.5 cm³/mol. The smallest absolute Gasteiger partial charge is 0.330 e. The molecule has 1 aromatic carbocycles. The number of hydrogen-bond acceptors (Lipinski definition) is 2. The molecule has 0 bridgehead atoms. The molecule has 2 N–H and O–H groups in total. The van der Waals surface area contributed by atoms with E-state index in [1.54, 1.807) is 0 Å². The minimum atomic E-state index is -4.81. The molecule has 0 radical (unpaired) electrons. The van der Waals surface area contributed by atoms with Crippen LogP contribution in [0.3, 0.4) is 0 Å². The van der Waals surface area contributed by atoms with Crippen LogP contribution in [0, 0.1) is 5.92 Å². The first kappa shape index (κ1) is 18.1. The first-order chi connectivity index (χ1) is 10.6. The molecule has 8 heteroatoms. The van der Waals surface area contributed by atoms with Gasteiger partial charge in [-0.25, -0.2) is 0 Å². The third-order valence-corrected chi connectivity index (χ3v) is 3.99. The molecule has 0 aliphatic carbocycles. The Labute approximate surface area is 130 Å². The fourth-order valence-electron chi connectivity index (χ4n) is 2.86. The number of piperidine rings is 1. The first-order valence-electron chi connectivity index (χ1n) is 7.30. The molecule has 0 saturated carbocycles. The molecule has 1 saturated heterocycles. The molecule has 0 spiro atoms. The van der Waals surface area contributed by atoms with Crippen LogP contribution in [0.1, 0.15) is 29.5 Å². The zero-order valence-electron chi connectivity index (χ0n) is 12.3. The third kappa shape index (κ3) is 4.84. The monoisotopic (exact) mass is 340 g/mol. The SMILES string of the molecule is NCC1CCCN(Cc2cc(C(F)(F)F)cc(C(F)(F)F)c2)C1. The highest BCUT2D eigenvalue weighted by atomic mass is 19.4. The zero-order chi connectivity index (χ0) is 17.3. The molecule has 0 amide bonds. The quantitative estimate of drug-likeness (QED) is 0.846. The van der Waals surface area contributed by atoms with Crippen molar-refractivity contribution in [3.63, 3.8) is 0 Å². The highest BCUT2D eigenvalue weighted by Gasteiger charge is 2.37. The normalized spacial score (nSPS) is 20.7. The first-order valence-corrected chi connectivity index (χ1v) is 7.30. The minimum absolute atomic E-state index is 0.0184. The van der Waals surface area contributed by atoms with Crippen LogP contribution in [0.2, 0.25) is 0 Å². The van der Waals surface area contributed by atoms with Crippen molar-refractivity contribution >= 4 is 0 Å². The number of hydrogen-bond donors (Lipinski definition) is 1. The molecule has 23 heavy (non-hydrogen) atoms. The molecule has 1 aliphatic heterocycles. The minimum Gasteiger partial charge on any atom is -0.330 e. The van der Waals surface area contributed by atoms with Gasteiger partial charge in [0.2, 0.25) is 0 Å². The fourth-order valence-corrected chi connectivity index (χ4v) is 2.86. The van der Waals surface area contributed by atoms with E-state index in [0.29, 0.717) is 19.6 Å². The topological polar surface area (TPSA) is 29.3 Å². The van der Waals surface area contributed by atoms with E-state index in [2.05, 4.69) is 0 Å². The summed E-state index contributed by atoms with van der Waals surface area (Å²) in [6, 6.07) is 1.74. The molecule has 0 aromatic heterocycles. The molecular formula is C15H18F6N2. The molecule has 1 fully saturated rings. The van der Waals surface area contributed by atoms with Crippen molar-refractivity contribution in [3.05, 3.63) is 34.9 Å². The molecule has 1 unspecified atom stereocenters. The van der Waals surface area contributed by atoms with Crippen LogP contribution in [-0.2, 0) is 18.9 Å². The Morgan fingerprint density at radius 2 is 1.57 bits per heavy atom. The molecule has 1 heterocycles. The lowest BCUT2D eigenvalue weighted by atomic mass is 9.97. The summed E-state index contributed by atoms with van der Waals surface area (Å²) in [5.74, 6) is 0.233. The Morgan fingerprint density at radius 1 is 1.00 bits per heavy atom. The number of alkyl halides is 6. The van der Waals surface area contributed by atoms with Gasteiger partial charge < -0.3 is 5.73 Å². The lowest BCUT2D eigenvalue weighted by molar-refractivity contribution is -0.143. The number of benzene rings is 1. The Kier molecular flexibility index (Phi) is 5.25. The van der Waals surface area contributed by atoms with Crippen LogP contribution < -0.4 is 5.73 Å². The van der Waals surface area contributed by atoms with Crippen molar-refractivity contribution in [3.8, 4) is 0 Å². The summed E-state index contributed by atoms with van der Waals surface area (Å²) in [5.41, 5.74) is 3.08. The summed E-state index contributed by atoms with van der Waals surface area (Å²) < 4.78 is 77.0. The van der Waals surface area contributed by atoms with Gasteiger partial charge in [-0.2, -0.15) is 26.3 Å². The Balaban J connectivity index is 2.27. The summed E-state index contributed by atoms with van der Waals surface area (Å²) in [7, 11) is 0. The molecule has 2 rings (SSSR count). The van der Waals surface area contributed by atoms with Gasteiger partial charge in [0.05, 0.1) is 11.1 Å². The molecule has 2 nitrogen and oxygen atoms in total. The number of likely N-dealkylation sites (tertiary alicyclic amines) is 1. The number of nitrogens with zero attached hydrogens (tertiary/aromatic N) is 1. The van der Waals surface area contributed by atoms with Crippen molar-refractivity contribution < 1.29 is 26.3 Å². The van der Waals surface area contributed by atoms with Crippen molar-refractivity contribution in [2.45, 2.75) is 31.7 Å². The van der Waals surface area contributed by atoms with Crippen molar-refractivity contribution in [2.24, 2.45) is 11.7 Å². The molecule has 130 valence electrons. The van der Waals surface area contributed by atoms with Crippen LogP contribution in [0.25, 0.3) is 0 Å². The van der Waals surface area contributed by atoms with Gasteiger partial charge in [0, 0.05) is 13.1 Å². The molecule has 1 aliphatic rings. The second-order valence-electron chi connectivity index (χ2n) is 5.89. The van der Waals surface area contributed by atoms with Crippen LogP contribution >= 0.6 is 0 Å². The van der Waals surface area contributed by atoms with Gasteiger partial charge in [0.1, 0.15) is 0 Å². The molecule has 1 aromatic rings. The fraction of sp³-hybridized carbons (Fsp3) is 0.600. The summed E-state index contributed by atoms with van der Waals surface area (Å²) in [5, 5.41) is 0. The van der Waals surface area contributed by atoms with Gasteiger partial charge >= 0.3 is 12.4 Å². The highest BCUT2D eigenvalue weighted by molar-refractivity contribution is 5.33. The van der Waals surface area contributed by atoms with Gasteiger partial charge in [0.25, 0.3) is 0 Å². The van der Waals surface area contributed by atoms with Crippen molar-refractivity contribution in [1.29, 1.82) is 0 Å². The summed E-state index contributed by atoms with van der Waals surface area (Å²) in [4.78, 5) is 1.86. The van der Waals surface area contributed by atoms with Gasteiger partial charge in [0.15, 0.2) is 0 Å². The van der Waals surface area contributed by atoms with Crippen LogP contribution in [-0.4, -0.2) is 24.5 Å². The van der Waals surface area contributed by atoms with E-state index >= 15 is 0 Å². The van der Waals surface area contributed by atoms with E-state index in [1.165, 1.54) is 0 Å². The van der Waals surface area contributed by atoms with E-state index < -0.39 is 23.5 Å². The average Bonchev–Trinajstić information content (AvgIpc) is 2.45. The number of rotatable bonds is 3. The van der Waals surface area contributed by atoms with Crippen LogP contribution in [0.15, 0.2) is 18.2 Å². The maximum absolute atomic E-state index is 12.8. The van der Waals surface area contributed by atoms with Gasteiger partial charge in [-0.05, 0) is 55.6 Å². The van der Waals surface area contributed by atoms with Gasteiger partial charge in [-0.1, -0.05) is 0 Å². The Bertz CT molecular complexity index is 505. The average molecular weight is 340 g/mol. The lowest BCUT2D eigenvalue weighted by Crippen LogP contribution is -2.37. The largest absolute Gasteiger partial charge is 0.416 e. The van der Waals surface area contributed by atoms with E-state index in [9.17, 15) is 26.3 Å². The number of nitrogens with two attached hydrogens (primary N) is 1. The summed E-state index contributed by atoms with van der Waals surface area (Å²) >= 11 is 0. The highest BCUT2D eigenvalue weighted by Crippen LogP contribution is 2.36. The van der Waals surface area contributed by atoms with Gasteiger partial charge in [-0.3, -0.25) is 4.90 Å². The van der Waals surface area contributed by atoms with Gasteiger partial charge in [-0.15, -0.1) is 0 Å². The standard InChI is InChI=1S/C15H18F6N2/c16-14(17,18)12-4-11(5-13(6-12)15(19,20)21)9-23-3-1-2-10(7-22)8-23/h4-6,10H,1-3,7-9,22H2. The van der Waals surface area contributed by atoms with Crippen molar-refractivity contribution in [2.75, 3.05) is 19.6 Å². The third-order valence-electron chi connectivity index (χ3n) is 3.99. The van der Waals surface area contributed by atoms with E-state index in [4.69, 9.17) is 5.73 Å². The molecular weight excluding hydrogens is 322 g/mol. The maximum Gasteiger partial charge on any atom is 0.416 e. The number of halogens is 6. The second kappa shape index (κ2) is 6.68. The summed E-state index contributed by atoms with van der Waals surface area (Å²) in [6.07, 6.45) is -7.84. The zero-order valence-corrected chi connectivity index (χ0v) is 12.3. The maximum atomic E-state index is 12.8. The Morgan fingerprint density at radius 3 is 2.04 bits per heavy atom. The van der Waals surface area contributed by atoms with Crippen molar-refractivity contribution in [1.82, 2.24) is 4.90 Å². The molecule has 1 atom stereocenters.